The quantitative estimate of drug-likeness (QED) is 0.782. The zero-order valence-corrected chi connectivity index (χ0v) is 11.1. The number of aromatic nitrogens is 2. The number of methoxy groups -OCH3 is 1. The predicted octanol–water partition coefficient (Wildman–Crippen LogP) is 0.196. The van der Waals surface area contributed by atoms with E-state index >= 15 is 0 Å². The van der Waals surface area contributed by atoms with Gasteiger partial charge in [-0.2, -0.15) is 0 Å². The highest BCUT2D eigenvalue weighted by molar-refractivity contribution is 7.20. The molecule has 0 atom stereocenters. The average molecular weight is 281 g/mol. The first kappa shape index (κ1) is 13.2. The zero-order valence-electron chi connectivity index (χ0n) is 10.3. The standard InChI is InChI=1S/C11H11N3O4S/c1-5-7-9(16)13-4-14-11(7)19-8(5)10(17)12-3-6(15)18-2/h4H,3H2,1-2H3,(H,12,17)(H,13,14,16). The van der Waals surface area contributed by atoms with Gasteiger partial charge in [0.05, 0.1) is 23.7 Å². The fourth-order valence-corrected chi connectivity index (χ4v) is 2.67. The molecule has 0 spiro atoms. The van der Waals surface area contributed by atoms with Crippen molar-refractivity contribution in [3.63, 3.8) is 0 Å². The highest BCUT2D eigenvalue weighted by Crippen LogP contribution is 2.26. The maximum Gasteiger partial charge on any atom is 0.325 e. The minimum atomic E-state index is -0.539. The first-order valence-electron chi connectivity index (χ1n) is 5.36. The van der Waals surface area contributed by atoms with Crippen LogP contribution in [0.1, 0.15) is 15.2 Å². The number of ether oxygens (including phenoxy) is 1. The van der Waals surface area contributed by atoms with Gasteiger partial charge in [0.15, 0.2) is 0 Å². The number of amides is 1. The lowest BCUT2D eigenvalue weighted by Gasteiger charge is -2.02. The molecule has 8 heteroatoms. The van der Waals surface area contributed by atoms with E-state index in [2.05, 4.69) is 20.0 Å². The summed E-state index contributed by atoms with van der Waals surface area (Å²) in [5.41, 5.74) is 0.266. The number of esters is 1. The number of aryl methyl sites for hydroxylation is 1. The molecule has 2 heterocycles. The highest BCUT2D eigenvalue weighted by Gasteiger charge is 2.18. The second kappa shape index (κ2) is 5.19. The lowest BCUT2D eigenvalue weighted by molar-refractivity contribution is -0.139. The summed E-state index contributed by atoms with van der Waals surface area (Å²) < 4.78 is 4.43. The highest BCUT2D eigenvalue weighted by atomic mass is 32.1. The predicted molar refractivity (Wildman–Crippen MR) is 69.3 cm³/mol. The molecule has 100 valence electrons. The minimum absolute atomic E-state index is 0.215. The number of aromatic amines is 1. The molecule has 2 aromatic rings. The number of fused-ring (bicyclic) bond motifs is 1. The van der Waals surface area contributed by atoms with Crippen LogP contribution < -0.4 is 10.9 Å². The second-order valence-electron chi connectivity index (χ2n) is 3.73. The molecule has 0 aromatic carbocycles. The third-order valence-corrected chi connectivity index (χ3v) is 3.76. The molecule has 0 fully saturated rings. The van der Waals surface area contributed by atoms with Crippen molar-refractivity contribution in [3.05, 3.63) is 27.1 Å². The summed E-state index contributed by atoms with van der Waals surface area (Å²) in [5, 5.41) is 2.83. The monoisotopic (exact) mass is 281 g/mol. The Balaban J connectivity index is 2.33. The summed E-state index contributed by atoms with van der Waals surface area (Å²) in [6, 6.07) is 0. The van der Waals surface area contributed by atoms with Gasteiger partial charge in [0.1, 0.15) is 11.4 Å². The number of nitrogens with one attached hydrogen (secondary N) is 2. The van der Waals surface area contributed by atoms with E-state index in [4.69, 9.17) is 0 Å². The molecule has 0 unspecified atom stereocenters. The van der Waals surface area contributed by atoms with Crippen molar-refractivity contribution < 1.29 is 14.3 Å². The molecule has 2 aromatic heterocycles. The number of H-pyrrole nitrogens is 1. The van der Waals surface area contributed by atoms with Crippen LogP contribution in [0, 0.1) is 6.92 Å². The molecule has 0 radical (unpaired) electrons. The summed E-state index contributed by atoms with van der Waals surface area (Å²) in [4.78, 5) is 41.9. The molecule has 0 bridgehead atoms. The molecule has 0 saturated heterocycles. The number of hydrogen-bond donors (Lipinski definition) is 2. The van der Waals surface area contributed by atoms with Crippen molar-refractivity contribution in [2.24, 2.45) is 0 Å². The van der Waals surface area contributed by atoms with Crippen LogP contribution >= 0.6 is 11.3 Å². The lowest BCUT2D eigenvalue weighted by Crippen LogP contribution is -2.29. The van der Waals surface area contributed by atoms with Gasteiger partial charge in [-0.3, -0.25) is 14.4 Å². The van der Waals surface area contributed by atoms with Gasteiger partial charge in [0.25, 0.3) is 11.5 Å². The van der Waals surface area contributed by atoms with Gasteiger partial charge in [-0.15, -0.1) is 11.3 Å². The molecule has 0 saturated carbocycles. The number of carbonyl (C=O) groups is 2. The average Bonchev–Trinajstić information content (AvgIpc) is 2.74. The third-order valence-electron chi connectivity index (χ3n) is 2.56. The van der Waals surface area contributed by atoms with E-state index in [0.29, 0.717) is 20.7 Å². The van der Waals surface area contributed by atoms with Crippen molar-refractivity contribution in [1.82, 2.24) is 15.3 Å². The first-order chi connectivity index (χ1) is 9.04. The van der Waals surface area contributed by atoms with Gasteiger partial charge < -0.3 is 15.0 Å². The number of rotatable bonds is 3. The smallest absolute Gasteiger partial charge is 0.325 e. The maximum atomic E-state index is 11.9. The lowest BCUT2D eigenvalue weighted by atomic mass is 10.2. The van der Waals surface area contributed by atoms with Gasteiger partial charge in [-0.25, -0.2) is 4.98 Å². The van der Waals surface area contributed by atoms with E-state index in [-0.39, 0.29) is 12.1 Å². The van der Waals surface area contributed by atoms with Crippen LogP contribution in [0.25, 0.3) is 10.2 Å². The van der Waals surface area contributed by atoms with Crippen molar-refractivity contribution in [1.29, 1.82) is 0 Å². The van der Waals surface area contributed by atoms with E-state index in [1.165, 1.54) is 13.4 Å². The van der Waals surface area contributed by atoms with Crippen molar-refractivity contribution in [2.75, 3.05) is 13.7 Å². The molecule has 0 aliphatic heterocycles. The normalized spacial score (nSPS) is 10.4. The third kappa shape index (κ3) is 2.48. The van der Waals surface area contributed by atoms with E-state index < -0.39 is 11.9 Å². The van der Waals surface area contributed by atoms with Gasteiger partial charge in [0.2, 0.25) is 0 Å². The molecule has 0 aliphatic carbocycles. The zero-order chi connectivity index (χ0) is 14.0. The maximum absolute atomic E-state index is 11.9. The number of hydrogen-bond acceptors (Lipinski definition) is 6. The largest absolute Gasteiger partial charge is 0.468 e. The van der Waals surface area contributed by atoms with Crippen LogP contribution in [0.15, 0.2) is 11.1 Å². The van der Waals surface area contributed by atoms with Crippen LogP contribution in [0.2, 0.25) is 0 Å². The van der Waals surface area contributed by atoms with Crippen molar-refractivity contribution in [2.45, 2.75) is 6.92 Å². The Hall–Kier alpha value is -2.22. The van der Waals surface area contributed by atoms with Crippen LogP contribution in [-0.2, 0) is 9.53 Å². The molecular formula is C11H11N3O4S. The molecule has 2 rings (SSSR count). The first-order valence-corrected chi connectivity index (χ1v) is 6.18. The summed E-state index contributed by atoms with van der Waals surface area (Å²) in [6.45, 7) is 1.45. The Bertz CT molecular complexity index is 704. The van der Waals surface area contributed by atoms with E-state index in [0.717, 1.165) is 11.3 Å². The van der Waals surface area contributed by atoms with E-state index in [1.807, 2.05) is 0 Å². The van der Waals surface area contributed by atoms with Gasteiger partial charge in [0, 0.05) is 0 Å². The van der Waals surface area contributed by atoms with Crippen molar-refractivity contribution in [3.8, 4) is 0 Å². The van der Waals surface area contributed by atoms with Crippen LogP contribution in [-0.4, -0.2) is 35.5 Å². The Morgan fingerprint density at radius 3 is 2.89 bits per heavy atom. The van der Waals surface area contributed by atoms with Gasteiger partial charge in [-0.1, -0.05) is 0 Å². The molecular weight excluding hydrogens is 270 g/mol. The van der Waals surface area contributed by atoms with E-state index in [9.17, 15) is 14.4 Å². The van der Waals surface area contributed by atoms with Crippen LogP contribution in [0.3, 0.4) is 0 Å². The number of nitrogens with zero attached hydrogens (tertiary/aromatic N) is 1. The Kier molecular flexibility index (Phi) is 3.61. The van der Waals surface area contributed by atoms with Gasteiger partial charge in [-0.05, 0) is 12.5 Å². The summed E-state index contributed by atoms with van der Waals surface area (Å²) in [7, 11) is 1.24. The Labute approximate surface area is 111 Å². The Morgan fingerprint density at radius 2 is 2.26 bits per heavy atom. The summed E-state index contributed by atoms with van der Waals surface area (Å²) in [6.07, 6.45) is 1.29. The fraction of sp³-hybridized carbons (Fsp3) is 0.273. The fourth-order valence-electron chi connectivity index (χ4n) is 1.60. The number of carbonyl (C=O) groups excluding carboxylic acids is 2. The topological polar surface area (TPSA) is 101 Å². The second-order valence-corrected chi connectivity index (χ2v) is 4.73. The molecule has 19 heavy (non-hydrogen) atoms. The Morgan fingerprint density at radius 1 is 1.53 bits per heavy atom. The summed E-state index contributed by atoms with van der Waals surface area (Å²) in [5.74, 6) is -0.964. The molecule has 2 N–H and O–H groups in total. The van der Waals surface area contributed by atoms with E-state index in [1.54, 1.807) is 6.92 Å². The SMILES string of the molecule is COC(=O)CNC(=O)c1sc2nc[nH]c(=O)c2c1C. The van der Waals surface area contributed by atoms with Crippen LogP contribution in [0.4, 0.5) is 0 Å². The molecule has 1 amide bonds. The molecule has 0 aliphatic rings. The van der Waals surface area contributed by atoms with Crippen molar-refractivity contribution >= 4 is 33.4 Å². The number of thiophene rings is 1. The van der Waals surface area contributed by atoms with Crippen LogP contribution in [0.5, 0.6) is 0 Å². The molecule has 7 nitrogen and oxygen atoms in total. The van der Waals surface area contributed by atoms with Gasteiger partial charge >= 0.3 is 5.97 Å². The summed E-state index contributed by atoms with van der Waals surface area (Å²) >= 11 is 1.11. The minimum Gasteiger partial charge on any atom is -0.468 e.